The number of rotatable bonds is 8. The van der Waals surface area contributed by atoms with Gasteiger partial charge in [0.2, 0.25) is 0 Å². The fourth-order valence-electron chi connectivity index (χ4n) is 5.33. The van der Waals surface area contributed by atoms with Gasteiger partial charge in [0.05, 0.1) is 24.6 Å². The molecule has 0 atom stereocenters. The molecule has 1 aromatic heterocycles. The van der Waals surface area contributed by atoms with E-state index in [1.807, 2.05) is 68.4 Å². The zero-order chi connectivity index (χ0) is 29.9. The second kappa shape index (κ2) is 12.3. The van der Waals surface area contributed by atoms with Crippen LogP contribution < -0.4 is 10.1 Å². The number of fused-ring (bicyclic) bond motifs is 1. The number of benzene rings is 3. The lowest BCUT2D eigenvalue weighted by Gasteiger charge is -2.26. The Morgan fingerprint density at radius 1 is 1.02 bits per heavy atom. The summed E-state index contributed by atoms with van der Waals surface area (Å²) in [5.41, 5.74) is 3.81. The molecule has 1 aliphatic heterocycles. The Hall–Kier alpha value is -4.21. The van der Waals surface area contributed by atoms with E-state index in [0.29, 0.717) is 23.7 Å². The van der Waals surface area contributed by atoms with E-state index >= 15 is 0 Å². The third-order valence-corrected chi connectivity index (χ3v) is 7.57. The molecule has 0 unspecified atom stereocenters. The molecule has 3 aromatic carbocycles. The van der Waals surface area contributed by atoms with Gasteiger partial charge in [-0.15, -0.1) is 0 Å². The average Bonchev–Trinajstić information content (AvgIpc) is 3.31. The zero-order valence-corrected chi connectivity index (χ0v) is 25.0. The Morgan fingerprint density at radius 3 is 2.38 bits per heavy atom. The summed E-state index contributed by atoms with van der Waals surface area (Å²) in [5.74, 6) is 0.700. The predicted octanol–water partition coefficient (Wildman–Crippen LogP) is 5.47. The van der Waals surface area contributed by atoms with Crippen LogP contribution in [0.15, 0.2) is 65.8 Å². The summed E-state index contributed by atoms with van der Waals surface area (Å²) in [4.78, 5) is 16.1. The van der Waals surface area contributed by atoms with Crippen LogP contribution in [0, 0.1) is 13.8 Å². The lowest BCUT2D eigenvalue weighted by molar-refractivity contribution is -0.110. The monoisotopic (exact) mass is 569 g/mol. The van der Waals surface area contributed by atoms with Crippen LogP contribution in [0.4, 0.5) is 5.82 Å². The van der Waals surface area contributed by atoms with Crippen molar-refractivity contribution in [3.63, 3.8) is 0 Å². The van der Waals surface area contributed by atoms with Crippen molar-refractivity contribution in [1.29, 1.82) is 0 Å². The van der Waals surface area contributed by atoms with E-state index in [4.69, 9.17) is 14.6 Å². The van der Waals surface area contributed by atoms with Crippen molar-refractivity contribution in [1.82, 2.24) is 14.7 Å². The Morgan fingerprint density at radius 2 is 1.71 bits per heavy atom. The first-order valence-electron chi connectivity index (χ1n) is 14.3. The van der Waals surface area contributed by atoms with Gasteiger partial charge >= 0.3 is 0 Å². The SMILES string of the molecule is Cc1ccc(-n2nc(C(C)(C)C)c(C)c2NC(=O)/C(=N\O)c2ccc(OCCN3CCOCC3)c3ccccc23)cc1. The third-order valence-electron chi connectivity index (χ3n) is 7.57. The molecule has 0 spiro atoms. The summed E-state index contributed by atoms with van der Waals surface area (Å²) in [7, 11) is 0. The van der Waals surface area contributed by atoms with Gasteiger partial charge < -0.3 is 20.0 Å². The number of amides is 1. The van der Waals surface area contributed by atoms with Crippen LogP contribution in [-0.2, 0) is 14.9 Å². The van der Waals surface area contributed by atoms with Crippen molar-refractivity contribution >= 4 is 28.2 Å². The first kappa shape index (κ1) is 29.3. The van der Waals surface area contributed by atoms with Crippen LogP contribution in [0.1, 0.15) is 43.2 Å². The highest BCUT2D eigenvalue weighted by Crippen LogP contribution is 2.33. The van der Waals surface area contributed by atoms with E-state index < -0.39 is 5.91 Å². The van der Waals surface area contributed by atoms with Gasteiger partial charge in [-0.3, -0.25) is 9.69 Å². The predicted molar refractivity (Wildman–Crippen MR) is 165 cm³/mol. The number of oxime groups is 1. The number of aryl methyl sites for hydroxylation is 1. The van der Waals surface area contributed by atoms with E-state index in [-0.39, 0.29) is 11.1 Å². The highest BCUT2D eigenvalue weighted by atomic mass is 16.5. The first-order valence-corrected chi connectivity index (χ1v) is 14.3. The maximum absolute atomic E-state index is 13.8. The van der Waals surface area contributed by atoms with Crippen LogP contribution in [0.5, 0.6) is 5.75 Å². The van der Waals surface area contributed by atoms with Gasteiger partial charge in [-0.1, -0.05) is 67.9 Å². The largest absolute Gasteiger partial charge is 0.492 e. The van der Waals surface area contributed by atoms with Gasteiger partial charge in [-0.05, 0) is 43.5 Å². The minimum absolute atomic E-state index is 0.0977. The van der Waals surface area contributed by atoms with Gasteiger partial charge in [0.25, 0.3) is 5.91 Å². The minimum Gasteiger partial charge on any atom is -0.492 e. The number of carbonyl (C=O) groups excluding carboxylic acids is 1. The molecule has 0 aliphatic carbocycles. The number of nitrogens with one attached hydrogen (secondary N) is 1. The molecule has 42 heavy (non-hydrogen) atoms. The molecule has 1 amide bonds. The van der Waals surface area contributed by atoms with Crippen molar-refractivity contribution < 1.29 is 19.5 Å². The van der Waals surface area contributed by atoms with Crippen LogP contribution >= 0.6 is 0 Å². The molecule has 0 saturated carbocycles. The van der Waals surface area contributed by atoms with Crippen LogP contribution in [0.25, 0.3) is 16.5 Å². The molecular formula is C33H39N5O4. The van der Waals surface area contributed by atoms with E-state index in [2.05, 4.69) is 36.1 Å². The van der Waals surface area contributed by atoms with Gasteiger partial charge in [-0.25, -0.2) is 4.68 Å². The number of hydrogen-bond acceptors (Lipinski definition) is 7. The van der Waals surface area contributed by atoms with Gasteiger partial charge in [-0.2, -0.15) is 5.10 Å². The maximum Gasteiger partial charge on any atom is 0.279 e. The number of nitrogens with zero attached hydrogens (tertiary/aromatic N) is 4. The number of hydrogen-bond donors (Lipinski definition) is 2. The molecule has 0 radical (unpaired) electrons. The summed E-state index contributed by atoms with van der Waals surface area (Å²) in [6.07, 6.45) is 0. The quantitative estimate of drug-likeness (QED) is 0.166. The van der Waals surface area contributed by atoms with E-state index in [1.165, 1.54) is 0 Å². The number of aromatic nitrogens is 2. The van der Waals surface area contributed by atoms with Crippen LogP contribution in [0.3, 0.4) is 0 Å². The highest BCUT2D eigenvalue weighted by molar-refractivity contribution is 6.50. The molecule has 9 heteroatoms. The van der Waals surface area contributed by atoms with Crippen molar-refractivity contribution in [3.8, 4) is 11.4 Å². The molecule has 5 rings (SSSR count). The third kappa shape index (κ3) is 6.17. The normalized spacial score (nSPS) is 14.7. The van der Waals surface area contributed by atoms with Crippen molar-refractivity contribution in [3.05, 3.63) is 83.0 Å². The van der Waals surface area contributed by atoms with Crippen molar-refractivity contribution in [2.45, 2.75) is 40.0 Å². The molecule has 1 saturated heterocycles. The Bertz CT molecular complexity index is 1600. The topological polar surface area (TPSA) is 101 Å². The first-order chi connectivity index (χ1) is 20.2. The summed E-state index contributed by atoms with van der Waals surface area (Å²) >= 11 is 0. The lowest BCUT2D eigenvalue weighted by atomic mass is 9.90. The van der Waals surface area contributed by atoms with Crippen molar-refractivity contribution in [2.75, 3.05) is 44.8 Å². The number of carbonyl (C=O) groups is 1. The number of morpholine rings is 1. The fraction of sp³-hybridized carbons (Fsp3) is 0.364. The molecule has 9 nitrogen and oxygen atoms in total. The number of anilines is 1. The molecule has 1 fully saturated rings. The van der Waals surface area contributed by atoms with Gasteiger partial charge in [0.1, 0.15) is 18.2 Å². The molecule has 220 valence electrons. The molecule has 4 aromatic rings. The minimum atomic E-state index is -0.541. The van der Waals surface area contributed by atoms with Crippen molar-refractivity contribution in [2.24, 2.45) is 5.16 Å². The molecular weight excluding hydrogens is 530 g/mol. The summed E-state index contributed by atoms with van der Waals surface area (Å²) < 4.78 is 13.3. The molecule has 1 aliphatic rings. The fourth-order valence-corrected chi connectivity index (χ4v) is 5.33. The second-order valence-electron chi connectivity index (χ2n) is 11.7. The zero-order valence-electron chi connectivity index (χ0n) is 25.0. The number of ether oxygens (including phenoxy) is 2. The lowest BCUT2D eigenvalue weighted by Crippen LogP contribution is -2.38. The Balaban J connectivity index is 1.44. The maximum atomic E-state index is 13.8. The summed E-state index contributed by atoms with van der Waals surface area (Å²) in [5, 5.41) is 23.1. The van der Waals surface area contributed by atoms with Gasteiger partial charge in [0.15, 0.2) is 5.71 Å². The smallest absolute Gasteiger partial charge is 0.279 e. The molecule has 2 N–H and O–H groups in total. The highest BCUT2D eigenvalue weighted by Gasteiger charge is 2.28. The van der Waals surface area contributed by atoms with E-state index in [9.17, 15) is 10.0 Å². The Labute approximate surface area is 246 Å². The standard InChI is InChI=1S/C33H39N5O4/c1-22-10-12-24(13-11-22)38-31(23(2)30(35-38)33(3,4)5)34-32(39)29(36-40)27-14-15-28(26-9-7-6-8-25(26)27)42-21-18-37-16-19-41-20-17-37/h6-15,40H,16-21H2,1-5H3,(H,34,39)/b36-29-. The van der Waals surface area contributed by atoms with E-state index in [0.717, 1.165) is 66.1 Å². The molecule has 0 bridgehead atoms. The average molecular weight is 570 g/mol. The summed E-state index contributed by atoms with van der Waals surface area (Å²) in [6, 6.07) is 19.2. The second-order valence-corrected chi connectivity index (χ2v) is 11.7. The van der Waals surface area contributed by atoms with Gasteiger partial charge in [0, 0.05) is 41.6 Å². The van der Waals surface area contributed by atoms with Crippen LogP contribution in [-0.4, -0.2) is 71.0 Å². The summed E-state index contributed by atoms with van der Waals surface area (Å²) in [6.45, 7) is 14.8. The molecule has 2 heterocycles. The Kier molecular flexibility index (Phi) is 8.61. The van der Waals surface area contributed by atoms with Crippen LogP contribution in [0.2, 0.25) is 0 Å². The van der Waals surface area contributed by atoms with E-state index in [1.54, 1.807) is 10.7 Å².